The first-order valence-corrected chi connectivity index (χ1v) is 4.33. The number of nitrogens with zero attached hydrogens (tertiary/aromatic N) is 1. The van der Waals surface area contributed by atoms with Gasteiger partial charge in [0, 0.05) is 18.6 Å². The second kappa shape index (κ2) is 4.67. The minimum atomic E-state index is -1.29. The van der Waals surface area contributed by atoms with Crippen molar-refractivity contribution < 1.29 is 19.2 Å². The normalized spacial score (nSPS) is 12.1. The number of nitro groups is 1. The Balaban J connectivity index is 2.98. The van der Waals surface area contributed by atoms with E-state index in [4.69, 9.17) is 10.8 Å². The lowest BCUT2D eigenvalue weighted by atomic mass is 10.1. The predicted molar refractivity (Wildman–Crippen MR) is 52.4 cm³/mol. The van der Waals surface area contributed by atoms with Crippen molar-refractivity contribution in [2.75, 3.05) is 0 Å². The molecule has 86 valence electrons. The number of halogens is 1. The van der Waals surface area contributed by atoms with Gasteiger partial charge in [-0.2, -0.15) is 0 Å². The smallest absolute Gasteiger partial charge is 0.320 e. The number of nitrogens with two attached hydrogens (primary N) is 1. The zero-order valence-electron chi connectivity index (χ0n) is 8.09. The van der Waals surface area contributed by atoms with E-state index >= 15 is 0 Å². The molecule has 1 unspecified atom stereocenters. The lowest BCUT2D eigenvalue weighted by Gasteiger charge is -2.06. The maximum Gasteiger partial charge on any atom is 0.320 e. The molecule has 0 aliphatic heterocycles. The molecule has 0 amide bonds. The zero-order valence-corrected chi connectivity index (χ0v) is 8.09. The lowest BCUT2D eigenvalue weighted by molar-refractivity contribution is -0.385. The third-order valence-corrected chi connectivity index (χ3v) is 2.00. The third kappa shape index (κ3) is 2.74. The van der Waals surface area contributed by atoms with E-state index in [9.17, 15) is 19.3 Å². The van der Waals surface area contributed by atoms with Gasteiger partial charge in [0.2, 0.25) is 0 Å². The van der Waals surface area contributed by atoms with Crippen LogP contribution in [0.1, 0.15) is 5.56 Å². The molecule has 3 N–H and O–H groups in total. The molecule has 16 heavy (non-hydrogen) atoms. The first kappa shape index (κ1) is 12.1. The Kier molecular flexibility index (Phi) is 3.51. The van der Waals surface area contributed by atoms with Gasteiger partial charge in [-0.3, -0.25) is 14.9 Å². The van der Waals surface area contributed by atoms with Crippen LogP contribution in [0.3, 0.4) is 0 Å². The molecule has 0 aromatic heterocycles. The fourth-order valence-electron chi connectivity index (χ4n) is 1.16. The number of non-ortho nitro benzene ring substituents is 1. The molecule has 0 heterocycles. The molecular formula is C9H9FN2O4. The topological polar surface area (TPSA) is 106 Å². The molecule has 1 rings (SSSR count). The first-order chi connectivity index (χ1) is 7.41. The van der Waals surface area contributed by atoms with Gasteiger partial charge in [-0.05, 0) is 11.6 Å². The van der Waals surface area contributed by atoms with Crippen molar-refractivity contribution >= 4 is 11.7 Å². The Morgan fingerprint density at radius 2 is 2.25 bits per heavy atom. The van der Waals surface area contributed by atoms with E-state index < -0.39 is 22.8 Å². The highest BCUT2D eigenvalue weighted by atomic mass is 19.1. The summed E-state index contributed by atoms with van der Waals surface area (Å²) in [7, 11) is 0. The molecule has 1 atom stereocenters. The summed E-state index contributed by atoms with van der Waals surface area (Å²) < 4.78 is 13.2. The number of aliphatic carboxylic acids is 1. The molecule has 0 aliphatic rings. The van der Waals surface area contributed by atoms with Crippen LogP contribution in [-0.4, -0.2) is 22.0 Å². The first-order valence-electron chi connectivity index (χ1n) is 4.33. The van der Waals surface area contributed by atoms with Gasteiger partial charge in [-0.25, -0.2) is 4.39 Å². The van der Waals surface area contributed by atoms with Gasteiger partial charge < -0.3 is 10.8 Å². The van der Waals surface area contributed by atoms with Crippen molar-refractivity contribution in [3.8, 4) is 0 Å². The van der Waals surface area contributed by atoms with Gasteiger partial charge >= 0.3 is 5.97 Å². The zero-order chi connectivity index (χ0) is 12.3. The number of benzene rings is 1. The van der Waals surface area contributed by atoms with Crippen LogP contribution >= 0.6 is 0 Å². The van der Waals surface area contributed by atoms with Crippen molar-refractivity contribution in [1.29, 1.82) is 0 Å². The number of carbonyl (C=O) groups is 1. The van der Waals surface area contributed by atoms with Crippen molar-refractivity contribution in [1.82, 2.24) is 0 Å². The standard InChI is InChI=1S/C9H9FN2O4/c10-7-2-1-6(12(15)16)3-5(7)4-8(11)9(13)14/h1-3,8H,4,11H2,(H,13,14). The van der Waals surface area contributed by atoms with Crippen LogP contribution in [0.25, 0.3) is 0 Å². The highest BCUT2D eigenvalue weighted by Crippen LogP contribution is 2.17. The second-order valence-corrected chi connectivity index (χ2v) is 3.18. The van der Waals surface area contributed by atoms with Crippen molar-refractivity contribution in [2.45, 2.75) is 12.5 Å². The van der Waals surface area contributed by atoms with E-state index in [0.717, 1.165) is 18.2 Å². The highest BCUT2D eigenvalue weighted by Gasteiger charge is 2.17. The minimum Gasteiger partial charge on any atom is -0.480 e. The largest absolute Gasteiger partial charge is 0.480 e. The Bertz CT molecular complexity index is 436. The molecule has 0 saturated carbocycles. The summed E-state index contributed by atoms with van der Waals surface area (Å²) in [4.78, 5) is 20.2. The molecule has 1 aromatic carbocycles. The van der Waals surface area contributed by atoms with Gasteiger partial charge in [0.15, 0.2) is 0 Å². The van der Waals surface area contributed by atoms with E-state index in [2.05, 4.69) is 0 Å². The SMILES string of the molecule is NC(Cc1cc([N+](=O)[O-])ccc1F)C(=O)O. The van der Waals surface area contributed by atoms with Gasteiger partial charge in [-0.15, -0.1) is 0 Å². The average Bonchev–Trinajstić information content (AvgIpc) is 2.20. The van der Waals surface area contributed by atoms with Crippen LogP contribution in [0.15, 0.2) is 18.2 Å². The summed E-state index contributed by atoms with van der Waals surface area (Å²) in [5.41, 5.74) is 4.83. The molecule has 0 saturated heterocycles. The van der Waals surface area contributed by atoms with Crippen LogP contribution in [-0.2, 0) is 11.2 Å². The van der Waals surface area contributed by atoms with Crippen molar-refractivity contribution in [3.63, 3.8) is 0 Å². The molecule has 0 radical (unpaired) electrons. The highest BCUT2D eigenvalue weighted by molar-refractivity contribution is 5.73. The Morgan fingerprint density at radius 1 is 1.62 bits per heavy atom. The van der Waals surface area contributed by atoms with Crippen LogP contribution in [0.2, 0.25) is 0 Å². The maximum absolute atomic E-state index is 13.2. The fraction of sp³-hybridized carbons (Fsp3) is 0.222. The molecule has 1 aromatic rings. The number of carboxylic acid groups (broad SMARTS) is 1. The molecule has 0 spiro atoms. The summed E-state index contributed by atoms with van der Waals surface area (Å²) >= 11 is 0. The molecular weight excluding hydrogens is 219 g/mol. The molecule has 6 nitrogen and oxygen atoms in total. The number of rotatable bonds is 4. The van der Waals surface area contributed by atoms with Gasteiger partial charge in [0.1, 0.15) is 11.9 Å². The molecule has 0 bridgehead atoms. The van der Waals surface area contributed by atoms with E-state index in [1.807, 2.05) is 0 Å². The monoisotopic (exact) mass is 228 g/mol. The lowest BCUT2D eigenvalue weighted by Crippen LogP contribution is -2.32. The fourth-order valence-corrected chi connectivity index (χ4v) is 1.16. The van der Waals surface area contributed by atoms with Gasteiger partial charge in [-0.1, -0.05) is 0 Å². The van der Waals surface area contributed by atoms with Crippen LogP contribution in [0.4, 0.5) is 10.1 Å². The number of carboxylic acids is 1. The van der Waals surface area contributed by atoms with Crippen LogP contribution in [0.5, 0.6) is 0 Å². The van der Waals surface area contributed by atoms with Crippen LogP contribution < -0.4 is 5.73 Å². The average molecular weight is 228 g/mol. The molecule has 0 fully saturated rings. The summed E-state index contributed by atoms with van der Waals surface area (Å²) in [5, 5.41) is 19.0. The summed E-state index contributed by atoms with van der Waals surface area (Å²) in [6.45, 7) is 0. The van der Waals surface area contributed by atoms with Crippen LogP contribution in [0, 0.1) is 15.9 Å². The van der Waals surface area contributed by atoms with E-state index in [1.54, 1.807) is 0 Å². The second-order valence-electron chi connectivity index (χ2n) is 3.18. The summed E-state index contributed by atoms with van der Waals surface area (Å²) in [6.07, 6.45) is -0.289. The number of hydrogen-bond donors (Lipinski definition) is 2. The third-order valence-electron chi connectivity index (χ3n) is 2.00. The van der Waals surface area contributed by atoms with Gasteiger partial charge in [0.25, 0.3) is 5.69 Å². The van der Waals surface area contributed by atoms with Crippen molar-refractivity contribution in [2.24, 2.45) is 5.73 Å². The summed E-state index contributed by atoms with van der Waals surface area (Å²) in [6, 6.07) is 1.63. The molecule has 7 heteroatoms. The Morgan fingerprint density at radius 3 is 2.75 bits per heavy atom. The maximum atomic E-state index is 13.2. The van der Waals surface area contributed by atoms with E-state index in [1.165, 1.54) is 0 Å². The molecule has 0 aliphatic carbocycles. The van der Waals surface area contributed by atoms with Crippen molar-refractivity contribution in [3.05, 3.63) is 39.7 Å². The Hall–Kier alpha value is -2.02. The minimum absolute atomic E-state index is 0.0795. The van der Waals surface area contributed by atoms with E-state index in [0.29, 0.717) is 0 Å². The van der Waals surface area contributed by atoms with Gasteiger partial charge in [0.05, 0.1) is 4.92 Å². The van der Waals surface area contributed by atoms with E-state index in [-0.39, 0.29) is 17.7 Å². The number of nitro benzene ring substituents is 1. The predicted octanol–water partition coefficient (Wildman–Crippen LogP) is 0.688. The summed E-state index contributed by atoms with van der Waals surface area (Å²) in [5.74, 6) is -1.99. The quantitative estimate of drug-likeness (QED) is 0.582. The number of hydrogen-bond acceptors (Lipinski definition) is 4. The Labute approximate surface area is 89.6 Å².